The molecule has 9 nitrogen and oxygen atoms in total. The van der Waals surface area contributed by atoms with Crippen LogP contribution in [0, 0.1) is 0 Å². The van der Waals surface area contributed by atoms with Crippen LogP contribution in [-0.4, -0.2) is 87.4 Å². The van der Waals surface area contributed by atoms with Crippen molar-refractivity contribution in [3.63, 3.8) is 0 Å². The molecule has 0 fully saturated rings. The zero-order valence-corrected chi connectivity index (χ0v) is 63.4. The van der Waals surface area contributed by atoms with E-state index in [-0.39, 0.29) is 38.2 Å². The molecule has 0 amide bonds. The number of carbonyl (C=O) groups excluding carboxylic acids is 2. The third kappa shape index (κ3) is 76.6. The molecule has 0 heterocycles. The van der Waals surface area contributed by atoms with Gasteiger partial charge in [0.25, 0.3) is 6.29 Å². The highest BCUT2D eigenvalue weighted by Gasteiger charge is 2.25. The summed E-state index contributed by atoms with van der Waals surface area (Å²) in [6, 6.07) is 0. The largest absolute Gasteiger partial charge is 0.477 e. The van der Waals surface area contributed by atoms with Gasteiger partial charge >= 0.3 is 17.9 Å². The maximum absolute atomic E-state index is 13.0. The van der Waals surface area contributed by atoms with Crippen LogP contribution in [0.1, 0.15) is 418 Å². The van der Waals surface area contributed by atoms with Gasteiger partial charge in [-0.3, -0.25) is 9.59 Å². The summed E-state index contributed by atoms with van der Waals surface area (Å²) in [5.41, 5.74) is 0. The Kier molecular flexibility index (Phi) is 73.8. The Hall–Kier alpha value is -2.75. The minimum atomic E-state index is -1.51. The topological polar surface area (TPSA) is 108 Å². The van der Waals surface area contributed by atoms with Gasteiger partial charge in [0.05, 0.1) is 34.4 Å². The van der Waals surface area contributed by atoms with Crippen LogP contribution in [0.4, 0.5) is 0 Å². The number of unbranched alkanes of at least 4 members (excludes halogenated alkanes) is 55. The van der Waals surface area contributed by atoms with Crippen LogP contribution in [0.15, 0.2) is 48.6 Å². The molecule has 0 spiro atoms. The lowest BCUT2D eigenvalue weighted by Crippen LogP contribution is -2.40. The molecule has 552 valence electrons. The summed E-state index contributed by atoms with van der Waals surface area (Å²) < 4.78 is 23.1. The average Bonchev–Trinajstić information content (AvgIpc) is 3.75. The van der Waals surface area contributed by atoms with Crippen LogP contribution in [-0.2, 0) is 33.3 Å². The van der Waals surface area contributed by atoms with Crippen molar-refractivity contribution in [1.82, 2.24) is 0 Å². The van der Waals surface area contributed by atoms with E-state index in [1.54, 1.807) is 0 Å². The van der Waals surface area contributed by atoms with Gasteiger partial charge in [-0.15, -0.1) is 0 Å². The average molecular weight is 1320 g/mol. The smallest absolute Gasteiger partial charge is 0.361 e. The van der Waals surface area contributed by atoms with Crippen LogP contribution in [0.25, 0.3) is 0 Å². The van der Waals surface area contributed by atoms with Gasteiger partial charge < -0.3 is 28.5 Å². The number of rotatable bonds is 78. The minimum absolute atomic E-state index is 0.175. The summed E-state index contributed by atoms with van der Waals surface area (Å²) in [7, 11) is 6.00. The zero-order valence-electron chi connectivity index (χ0n) is 63.4. The minimum Gasteiger partial charge on any atom is -0.477 e. The Morgan fingerprint density at radius 3 is 0.904 bits per heavy atom. The molecule has 0 aromatic heterocycles. The molecule has 0 aliphatic carbocycles. The zero-order chi connectivity index (χ0) is 68.2. The van der Waals surface area contributed by atoms with E-state index in [2.05, 4.69) is 62.5 Å². The van der Waals surface area contributed by atoms with Crippen molar-refractivity contribution in [3.8, 4) is 0 Å². The molecule has 2 atom stereocenters. The summed E-state index contributed by atoms with van der Waals surface area (Å²) in [4.78, 5) is 37.8. The molecule has 0 saturated carbocycles. The molecule has 0 aliphatic heterocycles. The number of hydrogen-bond donors (Lipinski definition) is 1. The maximum Gasteiger partial charge on any atom is 0.361 e. The fourth-order valence-corrected chi connectivity index (χ4v) is 12.6. The van der Waals surface area contributed by atoms with Gasteiger partial charge in [0.1, 0.15) is 13.2 Å². The molecule has 0 rings (SSSR count). The molecule has 0 aromatic carbocycles. The Morgan fingerprint density at radius 2 is 0.606 bits per heavy atom. The van der Waals surface area contributed by atoms with Crippen molar-refractivity contribution in [2.75, 3.05) is 47.5 Å². The van der Waals surface area contributed by atoms with Gasteiger partial charge in [0.15, 0.2) is 6.10 Å². The predicted molar refractivity (Wildman–Crippen MR) is 406 cm³/mol. The molecule has 2 unspecified atom stereocenters. The number of allylic oxidation sites excluding steroid dienone is 8. The molecule has 94 heavy (non-hydrogen) atoms. The molecule has 1 N–H and O–H groups in total. The Bertz CT molecular complexity index is 1680. The van der Waals surface area contributed by atoms with E-state index in [9.17, 15) is 19.5 Å². The molecular weight excluding hydrogens is 1160 g/mol. The highest BCUT2D eigenvalue weighted by atomic mass is 16.7. The van der Waals surface area contributed by atoms with Crippen molar-refractivity contribution in [3.05, 3.63) is 48.6 Å². The van der Waals surface area contributed by atoms with E-state index in [1.807, 2.05) is 21.1 Å². The first-order valence-corrected chi connectivity index (χ1v) is 41.3. The number of ether oxygens (including phenoxy) is 4. The number of nitrogens with zero attached hydrogens (tertiary/aromatic N) is 1. The number of likely N-dealkylation sites (N-methyl/N-ethyl adjacent to an activating group) is 1. The number of esters is 2. The third-order valence-electron chi connectivity index (χ3n) is 18.8. The van der Waals surface area contributed by atoms with E-state index in [4.69, 9.17) is 18.9 Å². The van der Waals surface area contributed by atoms with Gasteiger partial charge in [-0.1, -0.05) is 403 Å². The highest BCUT2D eigenvalue weighted by molar-refractivity contribution is 5.71. The first-order valence-electron chi connectivity index (χ1n) is 41.3. The lowest BCUT2D eigenvalue weighted by Gasteiger charge is -2.25. The van der Waals surface area contributed by atoms with Gasteiger partial charge in [0, 0.05) is 12.8 Å². The summed E-state index contributed by atoms with van der Waals surface area (Å²) in [6.07, 6.45) is 97.2. The van der Waals surface area contributed by atoms with Gasteiger partial charge in [0.2, 0.25) is 0 Å². The Labute approximate surface area is 584 Å². The highest BCUT2D eigenvalue weighted by Crippen LogP contribution is 2.20. The van der Waals surface area contributed by atoms with Gasteiger partial charge in [-0.25, -0.2) is 4.79 Å². The second-order valence-corrected chi connectivity index (χ2v) is 29.4. The van der Waals surface area contributed by atoms with E-state index in [1.165, 1.54) is 327 Å². The summed E-state index contributed by atoms with van der Waals surface area (Å²) in [5.74, 6) is -1.97. The first-order chi connectivity index (χ1) is 46.1. The number of carbonyl (C=O) groups is 3. The molecule has 0 aliphatic rings. The molecule has 0 saturated heterocycles. The maximum atomic E-state index is 13.0. The number of quaternary nitrogens is 1. The van der Waals surface area contributed by atoms with E-state index >= 15 is 0 Å². The van der Waals surface area contributed by atoms with Crippen molar-refractivity contribution in [1.29, 1.82) is 0 Å². The van der Waals surface area contributed by atoms with Crippen LogP contribution >= 0.6 is 0 Å². The molecule has 0 aromatic rings. The lowest BCUT2D eigenvalue weighted by molar-refractivity contribution is -0.870. The quantitative estimate of drug-likeness (QED) is 0.0211. The summed E-state index contributed by atoms with van der Waals surface area (Å²) in [6.45, 7) is 4.85. The summed E-state index contributed by atoms with van der Waals surface area (Å²) in [5, 5.41) is 9.78. The van der Waals surface area contributed by atoms with Crippen LogP contribution in [0.2, 0.25) is 0 Å². The predicted octanol–water partition coefficient (Wildman–Crippen LogP) is 26.4. The van der Waals surface area contributed by atoms with Crippen LogP contribution < -0.4 is 0 Å². The molecule has 9 heteroatoms. The monoisotopic (exact) mass is 1320 g/mol. The van der Waals surface area contributed by atoms with Crippen molar-refractivity contribution in [2.24, 2.45) is 0 Å². The van der Waals surface area contributed by atoms with E-state index in [0.717, 1.165) is 64.2 Å². The van der Waals surface area contributed by atoms with Crippen molar-refractivity contribution >= 4 is 17.9 Å². The fourth-order valence-electron chi connectivity index (χ4n) is 12.6. The second kappa shape index (κ2) is 76.0. The number of aliphatic carboxylic acids is 1. The van der Waals surface area contributed by atoms with Gasteiger partial charge in [-0.05, 0) is 51.4 Å². The molecule has 0 radical (unpaired) electrons. The Balaban J connectivity index is 3.94. The van der Waals surface area contributed by atoms with Crippen molar-refractivity contribution in [2.45, 2.75) is 431 Å². The fraction of sp³-hybridized carbons (Fsp3) is 0.871. The van der Waals surface area contributed by atoms with E-state index in [0.29, 0.717) is 17.4 Å². The van der Waals surface area contributed by atoms with E-state index < -0.39 is 18.4 Å². The third-order valence-corrected chi connectivity index (χ3v) is 18.8. The first kappa shape index (κ1) is 91.2. The lowest BCUT2D eigenvalue weighted by atomic mass is 10.0. The standard InChI is InChI=1S/C85H159NO8/c1-6-8-10-12-14-16-18-20-22-24-26-28-30-32-34-36-38-40-41-42-43-44-46-48-50-52-54-56-58-60-62-64-66-68-70-72-74-76-83(88)94-81(80-93-85(84(89)90)91-78-77-86(3,4)5)79-92-82(87)75-73-71-69-67-65-63-61-59-57-55-53-51-49-47-45-39-37-35-33-31-29-27-25-23-21-19-17-15-13-11-9-7-2/h8,10,14,16,20,22,26,28,81,85H,6-7,9,11-13,15,17-19,21,23-25,27,29-80H2,1-5H3/p+1/b10-8-,16-14-,22-20-,28-26-. The normalized spacial score (nSPS) is 12.8. The van der Waals surface area contributed by atoms with Crippen LogP contribution in [0.3, 0.4) is 0 Å². The second-order valence-electron chi connectivity index (χ2n) is 29.4. The van der Waals surface area contributed by atoms with Crippen molar-refractivity contribution < 1.29 is 42.9 Å². The Morgan fingerprint density at radius 1 is 0.330 bits per heavy atom. The van der Waals surface area contributed by atoms with Gasteiger partial charge in [-0.2, -0.15) is 0 Å². The summed E-state index contributed by atoms with van der Waals surface area (Å²) >= 11 is 0. The van der Waals surface area contributed by atoms with Crippen LogP contribution in [0.5, 0.6) is 0 Å². The molecule has 0 bridgehead atoms. The number of carboxylic acid groups (broad SMARTS) is 1. The number of carboxylic acids is 1. The molecular formula is C85H160NO8+. The number of hydrogen-bond acceptors (Lipinski definition) is 7. The SMILES string of the molecule is CC/C=C\C/C=C\C/C=C\C/C=C\CCCCCCCCCCCCCCCCCCCCCCCCCCC(=O)OC(COC(=O)CCCCCCCCCCCCCCCCCCCCCCCCCCCCCCCCCC)COC(OCC[N+](C)(C)C)C(=O)O.